The van der Waals surface area contributed by atoms with Crippen LogP contribution in [-0.2, 0) is 0 Å². The van der Waals surface area contributed by atoms with Gasteiger partial charge in [-0.1, -0.05) is 0 Å². The fourth-order valence-corrected chi connectivity index (χ4v) is 2.40. The van der Waals surface area contributed by atoms with E-state index >= 15 is 0 Å². The number of hydrogen-bond donors (Lipinski definition) is 0. The third-order valence-electron chi connectivity index (χ3n) is 2.50. The zero-order valence-electron chi connectivity index (χ0n) is 10.4. The Labute approximate surface area is 104 Å². The van der Waals surface area contributed by atoms with Gasteiger partial charge in [0.05, 0.1) is 18.0 Å². The molecule has 0 aliphatic rings. The lowest BCUT2D eigenvalue weighted by Crippen LogP contribution is -2.09. The quantitative estimate of drug-likeness (QED) is 0.816. The number of fused-ring (bicyclic) bond motifs is 1. The molecule has 0 N–H and O–H groups in total. The summed E-state index contributed by atoms with van der Waals surface area (Å²) in [5, 5.41) is 0. The number of benzene rings is 1. The summed E-state index contributed by atoms with van der Waals surface area (Å²) in [5.74, 6) is 0.796. The number of rotatable bonds is 2. The molecule has 0 saturated carbocycles. The summed E-state index contributed by atoms with van der Waals surface area (Å²) in [6.07, 6.45) is 1.77. The van der Waals surface area contributed by atoms with Gasteiger partial charge in [0, 0.05) is 32.9 Å². The fraction of sp³-hybridized carbons (Fsp3) is 0.333. The van der Waals surface area contributed by atoms with Gasteiger partial charge in [0.2, 0.25) is 0 Å². The summed E-state index contributed by atoms with van der Waals surface area (Å²) in [6, 6.07) is 4.09. The van der Waals surface area contributed by atoms with Crippen molar-refractivity contribution in [3.63, 3.8) is 0 Å². The minimum absolute atomic E-state index is 0.796. The van der Waals surface area contributed by atoms with E-state index in [1.54, 1.807) is 31.7 Å². The van der Waals surface area contributed by atoms with E-state index in [1.165, 1.54) is 0 Å². The molecule has 0 aliphatic heterocycles. The second-order valence-corrected chi connectivity index (χ2v) is 4.87. The van der Waals surface area contributed by atoms with Gasteiger partial charge >= 0.3 is 0 Å². The molecule has 90 valence electrons. The molecule has 5 heteroatoms. The Kier molecular flexibility index (Phi) is 3.28. The molecule has 1 aromatic heterocycles. The zero-order chi connectivity index (χ0) is 12.4. The highest BCUT2D eigenvalue weighted by molar-refractivity contribution is 7.16. The van der Waals surface area contributed by atoms with Crippen LogP contribution in [-0.4, -0.2) is 33.2 Å². The minimum Gasteiger partial charge on any atom is -0.494 e. The lowest BCUT2D eigenvalue weighted by molar-refractivity contribution is 0.419. The third kappa shape index (κ3) is 2.24. The second kappa shape index (κ2) is 4.71. The molecule has 0 saturated heterocycles. The molecule has 2 aromatic rings. The Morgan fingerprint density at radius 2 is 2.12 bits per heavy atom. The highest BCUT2D eigenvalue weighted by Crippen LogP contribution is 2.30. The largest absolute Gasteiger partial charge is 0.494 e. The van der Waals surface area contributed by atoms with Crippen molar-refractivity contribution in [1.29, 1.82) is 0 Å². The minimum atomic E-state index is 0.796. The molecule has 0 amide bonds. The van der Waals surface area contributed by atoms with E-state index < -0.39 is 0 Å². The predicted octanol–water partition coefficient (Wildman–Crippen LogP) is 1.90. The molecular weight excluding hydrogens is 234 g/mol. The van der Waals surface area contributed by atoms with Crippen LogP contribution in [0.3, 0.4) is 0 Å². The van der Waals surface area contributed by atoms with Gasteiger partial charge in [-0.2, -0.15) is 0 Å². The van der Waals surface area contributed by atoms with Crippen molar-refractivity contribution in [2.24, 2.45) is 4.99 Å². The van der Waals surface area contributed by atoms with Crippen LogP contribution < -0.4 is 14.3 Å². The van der Waals surface area contributed by atoms with Crippen LogP contribution in [0.5, 0.6) is 5.75 Å². The molecule has 17 heavy (non-hydrogen) atoms. The van der Waals surface area contributed by atoms with Gasteiger partial charge < -0.3 is 9.64 Å². The second-order valence-electron chi connectivity index (χ2n) is 3.81. The molecule has 2 rings (SSSR count). The first-order chi connectivity index (χ1) is 8.15. The van der Waals surface area contributed by atoms with Crippen LogP contribution >= 0.6 is 11.3 Å². The third-order valence-corrected chi connectivity index (χ3v) is 3.53. The van der Waals surface area contributed by atoms with E-state index in [0.717, 1.165) is 26.3 Å². The standard InChI is InChI=1S/C12H15N3OS/c1-13-11-7-14-12-9(16-4)5-8(15(2)3)6-10(12)17-11/h5-7H,1-4H3. The Bertz CT molecular complexity index is 604. The average Bonchev–Trinajstić information content (AvgIpc) is 2.36. The molecule has 4 nitrogen and oxygen atoms in total. The van der Waals surface area contributed by atoms with Crippen LogP contribution in [0.15, 0.2) is 23.3 Å². The summed E-state index contributed by atoms with van der Waals surface area (Å²) in [5.41, 5.74) is 1.98. The molecule has 0 aliphatic carbocycles. The molecule has 0 radical (unpaired) electrons. The maximum absolute atomic E-state index is 5.38. The van der Waals surface area contributed by atoms with Crippen molar-refractivity contribution >= 4 is 27.2 Å². The van der Waals surface area contributed by atoms with Gasteiger partial charge in [0.25, 0.3) is 0 Å². The highest BCUT2D eigenvalue weighted by atomic mass is 32.1. The Morgan fingerprint density at radius 1 is 1.35 bits per heavy atom. The van der Waals surface area contributed by atoms with Gasteiger partial charge in [-0.3, -0.25) is 4.99 Å². The first-order valence-electron chi connectivity index (χ1n) is 5.23. The van der Waals surface area contributed by atoms with Crippen molar-refractivity contribution in [3.05, 3.63) is 23.0 Å². The number of anilines is 1. The van der Waals surface area contributed by atoms with Crippen molar-refractivity contribution in [2.45, 2.75) is 0 Å². The van der Waals surface area contributed by atoms with Crippen LogP contribution in [0.4, 0.5) is 5.69 Å². The van der Waals surface area contributed by atoms with Crippen LogP contribution in [0.2, 0.25) is 0 Å². The molecule has 0 fully saturated rings. The molecule has 0 unspecified atom stereocenters. The average molecular weight is 249 g/mol. The van der Waals surface area contributed by atoms with Crippen LogP contribution in [0.25, 0.3) is 10.2 Å². The summed E-state index contributed by atoms with van der Waals surface area (Å²) in [7, 11) is 7.45. The maximum atomic E-state index is 5.38. The molecule has 1 aromatic carbocycles. The number of ether oxygens (including phenoxy) is 1. The van der Waals surface area contributed by atoms with Gasteiger partial charge in [-0.15, -0.1) is 11.3 Å². The van der Waals surface area contributed by atoms with Crippen LogP contribution in [0, 0.1) is 0 Å². The predicted molar refractivity (Wildman–Crippen MR) is 72.0 cm³/mol. The normalized spacial score (nSPS) is 11.9. The summed E-state index contributed by atoms with van der Waals surface area (Å²) in [6.45, 7) is 0. The SMILES string of the molecule is CN=c1cnc2c(OC)cc(N(C)C)cc2s1. The van der Waals surface area contributed by atoms with Crippen molar-refractivity contribution < 1.29 is 4.74 Å². The number of nitrogens with zero attached hydrogens (tertiary/aromatic N) is 3. The topological polar surface area (TPSA) is 37.7 Å². The lowest BCUT2D eigenvalue weighted by Gasteiger charge is -2.14. The number of methoxy groups -OCH3 is 1. The summed E-state index contributed by atoms with van der Waals surface area (Å²) < 4.78 is 7.37. The van der Waals surface area contributed by atoms with Crippen molar-refractivity contribution in [1.82, 2.24) is 4.98 Å². The Balaban J connectivity index is 2.78. The van der Waals surface area contributed by atoms with Gasteiger partial charge in [0.15, 0.2) is 0 Å². The van der Waals surface area contributed by atoms with Gasteiger partial charge in [0.1, 0.15) is 15.9 Å². The van der Waals surface area contributed by atoms with E-state index in [2.05, 4.69) is 16.0 Å². The Morgan fingerprint density at radius 3 is 2.71 bits per heavy atom. The van der Waals surface area contributed by atoms with Gasteiger partial charge in [-0.05, 0) is 6.07 Å². The lowest BCUT2D eigenvalue weighted by atomic mass is 10.2. The first kappa shape index (κ1) is 11.9. The fourth-order valence-electron chi connectivity index (χ4n) is 1.55. The monoisotopic (exact) mass is 249 g/mol. The first-order valence-corrected chi connectivity index (χ1v) is 6.05. The number of hydrogen-bond acceptors (Lipinski definition) is 5. The molecule has 0 bridgehead atoms. The molecule has 0 atom stereocenters. The van der Waals surface area contributed by atoms with Crippen molar-refractivity contribution in [3.8, 4) is 5.75 Å². The van der Waals surface area contributed by atoms with E-state index in [4.69, 9.17) is 4.74 Å². The zero-order valence-corrected chi connectivity index (χ0v) is 11.2. The number of aromatic nitrogens is 1. The van der Waals surface area contributed by atoms with E-state index in [-0.39, 0.29) is 0 Å². The molecule has 1 heterocycles. The van der Waals surface area contributed by atoms with E-state index in [9.17, 15) is 0 Å². The smallest absolute Gasteiger partial charge is 0.147 e. The Hall–Kier alpha value is -1.62. The van der Waals surface area contributed by atoms with Crippen LogP contribution in [0.1, 0.15) is 0 Å². The van der Waals surface area contributed by atoms with E-state index in [1.807, 2.05) is 25.1 Å². The van der Waals surface area contributed by atoms with Gasteiger partial charge in [-0.25, -0.2) is 4.98 Å². The summed E-state index contributed by atoms with van der Waals surface area (Å²) in [4.78, 5) is 10.6. The van der Waals surface area contributed by atoms with Crippen molar-refractivity contribution in [2.75, 3.05) is 33.2 Å². The molecular formula is C12H15N3OS. The van der Waals surface area contributed by atoms with E-state index in [0.29, 0.717) is 0 Å². The maximum Gasteiger partial charge on any atom is 0.147 e. The summed E-state index contributed by atoms with van der Waals surface area (Å²) >= 11 is 1.61. The molecule has 0 spiro atoms. The highest BCUT2D eigenvalue weighted by Gasteiger charge is 2.07.